The maximum atomic E-state index is 12.7. The zero-order valence-electron chi connectivity index (χ0n) is 18.1. The van der Waals surface area contributed by atoms with Crippen molar-refractivity contribution in [3.05, 3.63) is 114 Å². The highest BCUT2D eigenvalue weighted by molar-refractivity contribution is 7.92. The molecule has 0 saturated carbocycles. The molecule has 33 heavy (non-hydrogen) atoms. The summed E-state index contributed by atoms with van der Waals surface area (Å²) in [6.07, 6.45) is 5.42. The zero-order valence-corrected chi connectivity index (χ0v) is 18.9. The van der Waals surface area contributed by atoms with Gasteiger partial charge in [0.1, 0.15) is 0 Å². The number of nitrogens with zero attached hydrogens (tertiary/aromatic N) is 2. The van der Waals surface area contributed by atoms with Crippen LogP contribution >= 0.6 is 0 Å². The van der Waals surface area contributed by atoms with Crippen molar-refractivity contribution >= 4 is 21.6 Å². The number of benzene rings is 3. The molecule has 8 heteroatoms. The Kier molecular flexibility index (Phi) is 6.55. The predicted octanol–water partition coefficient (Wildman–Crippen LogP) is 3.97. The maximum absolute atomic E-state index is 12.7. The fourth-order valence-electron chi connectivity index (χ4n) is 3.31. The summed E-state index contributed by atoms with van der Waals surface area (Å²) in [5.74, 6) is -0.270. The van der Waals surface area contributed by atoms with Crippen LogP contribution in [0.15, 0.2) is 96.4 Å². The van der Waals surface area contributed by atoms with E-state index in [1.807, 2.05) is 54.1 Å². The standard InChI is InChI=1S/C25H24N4O3S/c1-19-4-2-3-5-24(19)28-33(31,32)23-12-10-22(11-13-23)25(30)27-16-20-6-8-21(9-7-20)17-29-15-14-26-18-29/h2-15,18,28H,16-17H2,1H3,(H,27,30). The zero-order chi connectivity index (χ0) is 23.3. The van der Waals surface area contributed by atoms with E-state index in [1.165, 1.54) is 24.3 Å². The number of carbonyl (C=O) groups excluding carboxylic acids is 1. The molecule has 0 radical (unpaired) electrons. The fraction of sp³-hybridized carbons (Fsp3) is 0.120. The smallest absolute Gasteiger partial charge is 0.261 e. The van der Waals surface area contributed by atoms with Crippen LogP contribution < -0.4 is 10.0 Å². The fourth-order valence-corrected chi connectivity index (χ4v) is 4.45. The van der Waals surface area contributed by atoms with Crippen molar-refractivity contribution < 1.29 is 13.2 Å². The Morgan fingerprint density at radius 3 is 2.30 bits per heavy atom. The largest absolute Gasteiger partial charge is 0.348 e. The van der Waals surface area contributed by atoms with Gasteiger partial charge in [-0.3, -0.25) is 9.52 Å². The summed E-state index contributed by atoms with van der Waals surface area (Å²) in [5, 5.41) is 2.87. The Morgan fingerprint density at radius 2 is 1.64 bits per heavy atom. The minimum Gasteiger partial charge on any atom is -0.348 e. The molecule has 0 bridgehead atoms. The Morgan fingerprint density at radius 1 is 0.939 bits per heavy atom. The highest BCUT2D eigenvalue weighted by Gasteiger charge is 2.16. The van der Waals surface area contributed by atoms with Crippen molar-refractivity contribution in [2.24, 2.45) is 0 Å². The number of hydrogen-bond acceptors (Lipinski definition) is 4. The Balaban J connectivity index is 1.35. The van der Waals surface area contributed by atoms with E-state index < -0.39 is 10.0 Å². The summed E-state index contributed by atoms with van der Waals surface area (Å²) in [6.45, 7) is 2.94. The number of aromatic nitrogens is 2. The van der Waals surface area contributed by atoms with Crippen LogP contribution in [0.3, 0.4) is 0 Å². The Bertz CT molecular complexity index is 1330. The van der Waals surface area contributed by atoms with Crippen molar-refractivity contribution in [2.75, 3.05) is 4.72 Å². The minimum absolute atomic E-state index is 0.0933. The molecule has 0 saturated heterocycles. The number of sulfonamides is 1. The molecule has 1 heterocycles. The average molecular weight is 461 g/mol. The highest BCUT2D eigenvalue weighted by atomic mass is 32.2. The Labute approximate surface area is 193 Å². The topological polar surface area (TPSA) is 93.1 Å². The first-order valence-electron chi connectivity index (χ1n) is 10.4. The van der Waals surface area contributed by atoms with Crippen molar-refractivity contribution in [1.82, 2.24) is 14.9 Å². The molecule has 0 aliphatic heterocycles. The normalized spacial score (nSPS) is 11.2. The molecule has 168 valence electrons. The van der Waals surface area contributed by atoms with E-state index >= 15 is 0 Å². The number of imidazole rings is 1. The molecule has 0 aliphatic rings. The third-order valence-corrected chi connectivity index (χ3v) is 6.60. The molecular weight excluding hydrogens is 436 g/mol. The average Bonchev–Trinajstić information content (AvgIpc) is 3.33. The molecular formula is C25H24N4O3S. The third-order valence-electron chi connectivity index (χ3n) is 5.22. The monoisotopic (exact) mass is 460 g/mol. The van der Waals surface area contributed by atoms with Gasteiger partial charge in [0, 0.05) is 31.0 Å². The van der Waals surface area contributed by atoms with Gasteiger partial charge in [0.15, 0.2) is 0 Å². The lowest BCUT2D eigenvalue weighted by Gasteiger charge is -2.11. The van der Waals surface area contributed by atoms with Crippen LogP contribution in [-0.2, 0) is 23.1 Å². The second kappa shape index (κ2) is 9.70. The molecule has 4 aromatic rings. The van der Waals surface area contributed by atoms with Gasteiger partial charge in [-0.1, -0.05) is 42.5 Å². The van der Waals surface area contributed by atoms with Crippen molar-refractivity contribution in [3.8, 4) is 0 Å². The number of carbonyl (C=O) groups is 1. The number of amides is 1. The lowest BCUT2D eigenvalue weighted by atomic mass is 10.1. The van der Waals surface area contributed by atoms with Gasteiger partial charge in [0.2, 0.25) is 0 Å². The number of hydrogen-bond donors (Lipinski definition) is 2. The van der Waals surface area contributed by atoms with Gasteiger partial charge in [-0.15, -0.1) is 0 Å². The number of nitrogens with one attached hydrogen (secondary N) is 2. The summed E-state index contributed by atoms with van der Waals surface area (Å²) in [7, 11) is -3.74. The van der Waals surface area contributed by atoms with Crippen LogP contribution in [0, 0.1) is 6.92 Å². The molecule has 1 amide bonds. The van der Waals surface area contributed by atoms with E-state index in [2.05, 4.69) is 15.0 Å². The van der Waals surface area contributed by atoms with Crippen LogP contribution in [0.5, 0.6) is 0 Å². The van der Waals surface area contributed by atoms with Crippen LogP contribution in [-0.4, -0.2) is 23.9 Å². The summed E-state index contributed by atoms with van der Waals surface area (Å²) < 4.78 is 29.9. The van der Waals surface area contributed by atoms with E-state index in [0.29, 0.717) is 17.8 Å². The summed E-state index contributed by atoms with van der Waals surface area (Å²) >= 11 is 0. The number of aryl methyl sites for hydroxylation is 1. The SMILES string of the molecule is Cc1ccccc1NS(=O)(=O)c1ccc(C(=O)NCc2ccc(Cn3ccnc3)cc2)cc1. The van der Waals surface area contributed by atoms with E-state index in [-0.39, 0.29) is 10.8 Å². The second-order valence-electron chi connectivity index (χ2n) is 7.68. The molecule has 0 atom stereocenters. The molecule has 7 nitrogen and oxygen atoms in total. The van der Waals surface area contributed by atoms with Gasteiger partial charge >= 0.3 is 0 Å². The molecule has 1 aromatic heterocycles. The first-order chi connectivity index (χ1) is 15.9. The number of anilines is 1. The number of para-hydroxylation sites is 1. The highest BCUT2D eigenvalue weighted by Crippen LogP contribution is 2.19. The van der Waals surface area contributed by atoms with Crippen molar-refractivity contribution in [3.63, 3.8) is 0 Å². The van der Waals surface area contributed by atoms with Gasteiger partial charge in [-0.25, -0.2) is 13.4 Å². The quantitative estimate of drug-likeness (QED) is 0.416. The van der Waals surface area contributed by atoms with Gasteiger partial charge in [-0.05, 0) is 53.9 Å². The summed E-state index contributed by atoms with van der Waals surface area (Å²) in [4.78, 5) is 16.6. The van der Waals surface area contributed by atoms with Crippen molar-refractivity contribution in [2.45, 2.75) is 24.9 Å². The van der Waals surface area contributed by atoms with Crippen LogP contribution in [0.2, 0.25) is 0 Å². The third kappa shape index (κ3) is 5.67. The van der Waals surface area contributed by atoms with Crippen LogP contribution in [0.4, 0.5) is 5.69 Å². The van der Waals surface area contributed by atoms with E-state index in [0.717, 1.165) is 23.2 Å². The molecule has 3 aromatic carbocycles. The molecule has 2 N–H and O–H groups in total. The van der Waals surface area contributed by atoms with Gasteiger partial charge in [0.05, 0.1) is 16.9 Å². The van der Waals surface area contributed by atoms with Gasteiger partial charge in [-0.2, -0.15) is 0 Å². The van der Waals surface area contributed by atoms with E-state index in [4.69, 9.17) is 0 Å². The van der Waals surface area contributed by atoms with E-state index in [1.54, 1.807) is 24.7 Å². The number of rotatable bonds is 8. The summed E-state index contributed by atoms with van der Waals surface area (Å²) in [5.41, 5.74) is 3.85. The predicted molar refractivity (Wildman–Crippen MR) is 127 cm³/mol. The van der Waals surface area contributed by atoms with Crippen molar-refractivity contribution in [1.29, 1.82) is 0 Å². The molecule has 0 fully saturated rings. The van der Waals surface area contributed by atoms with Crippen LogP contribution in [0.25, 0.3) is 0 Å². The molecule has 0 aliphatic carbocycles. The second-order valence-corrected chi connectivity index (χ2v) is 9.36. The van der Waals surface area contributed by atoms with E-state index in [9.17, 15) is 13.2 Å². The molecule has 0 spiro atoms. The summed E-state index contributed by atoms with van der Waals surface area (Å²) in [6, 6.07) is 21.0. The molecule has 0 unspecified atom stereocenters. The lowest BCUT2D eigenvalue weighted by Crippen LogP contribution is -2.23. The van der Waals surface area contributed by atoms with Gasteiger partial charge < -0.3 is 9.88 Å². The molecule has 4 rings (SSSR count). The van der Waals surface area contributed by atoms with Gasteiger partial charge in [0.25, 0.3) is 15.9 Å². The Hall–Kier alpha value is -3.91. The first-order valence-corrected chi connectivity index (χ1v) is 11.9. The lowest BCUT2D eigenvalue weighted by molar-refractivity contribution is 0.0951. The minimum atomic E-state index is -3.74. The van der Waals surface area contributed by atoms with Crippen LogP contribution in [0.1, 0.15) is 27.0 Å². The maximum Gasteiger partial charge on any atom is 0.261 e. The first kappa shape index (κ1) is 22.3.